The number of carbonyl (C=O) groups excluding carboxylic acids is 1. The van der Waals surface area contributed by atoms with E-state index in [1.54, 1.807) is 18.2 Å². The van der Waals surface area contributed by atoms with E-state index in [-0.39, 0.29) is 11.8 Å². The van der Waals surface area contributed by atoms with Crippen LogP contribution in [0.2, 0.25) is 0 Å². The van der Waals surface area contributed by atoms with Crippen molar-refractivity contribution >= 4 is 5.91 Å². The number of nitrogens with zero attached hydrogens (tertiary/aromatic N) is 2. The maximum absolute atomic E-state index is 12.0. The lowest BCUT2D eigenvalue weighted by atomic mass is 10.2. The standard InChI is InChI=1S/C13H20N2O2/c1-11(2)13(16)15(8-9-17-3)10-12-6-4-5-7-14-12/h4-7,11H,8-10H2,1-3H3. The largest absolute Gasteiger partial charge is 0.383 e. The van der Waals surface area contributed by atoms with Crippen LogP contribution in [0.5, 0.6) is 0 Å². The Hall–Kier alpha value is -1.42. The van der Waals surface area contributed by atoms with Crippen LogP contribution in [0.1, 0.15) is 19.5 Å². The summed E-state index contributed by atoms with van der Waals surface area (Å²) in [5, 5.41) is 0. The molecule has 0 spiro atoms. The van der Waals surface area contributed by atoms with Gasteiger partial charge in [0, 0.05) is 25.8 Å². The molecule has 0 fully saturated rings. The van der Waals surface area contributed by atoms with Gasteiger partial charge in [-0.15, -0.1) is 0 Å². The molecular formula is C13H20N2O2. The van der Waals surface area contributed by atoms with Gasteiger partial charge in [0.05, 0.1) is 18.8 Å². The van der Waals surface area contributed by atoms with E-state index in [1.165, 1.54) is 0 Å². The highest BCUT2D eigenvalue weighted by Gasteiger charge is 2.17. The van der Waals surface area contributed by atoms with Crippen molar-refractivity contribution < 1.29 is 9.53 Å². The molecule has 0 saturated carbocycles. The van der Waals surface area contributed by atoms with E-state index in [4.69, 9.17) is 4.74 Å². The summed E-state index contributed by atoms with van der Waals surface area (Å²) >= 11 is 0. The van der Waals surface area contributed by atoms with Gasteiger partial charge in [-0.05, 0) is 12.1 Å². The lowest BCUT2D eigenvalue weighted by Crippen LogP contribution is -2.36. The lowest BCUT2D eigenvalue weighted by molar-refractivity contribution is -0.135. The number of pyridine rings is 1. The highest BCUT2D eigenvalue weighted by molar-refractivity contribution is 5.78. The number of amides is 1. The van der Waals surface area contributed by atoms with Crippen molar-refractivity contribution in [1.82, 2.24) is 9.88 Å². The van der Waals surface area contributed by atoms with Crippen molar-refractivity contribution in [2.75, 3.05) is 20.3 Å². The summed E-state index contributed by atoms with van der Waals surface area (Å²) in [7, 11) is 1.64. The Labute approximate surface area is 103 Å². The number of hydrogen-bond donors (Lipinski definition) is 0. The van der Waals surface area contributed by atoms with E-state index in [0.29, 0.717) is 19.7 Å². The Balaban J connectivity index is 2.66. The first kappa shape index (κ1) is 13.6. The minimum atomic E-state index is -0.00410. The summed E-state index contributed by atoms with van der Waals surface area (Å²) in [5.41, 5.74) is 0.901. The minimum Gasteiger partial charge on any atom is -0.383 e. The van der Waals surface area contributed by atoms with Crippen LogP contribution in [-0.2, 0) is 16.1 Å². The molecular weight excluding hydrogens is 216 g/mol. The van der Waals surface area contributed by atoms with E-state index in [2.05, 4.69) is 4.98 Å². The third-order valence-electron chi connectivity index (χ3n) is 2.45. The molecule has 1 amide bonds. The molecule has 4 nitrogen and oxygen atoms in total. The third kappa shape index (κ3) is 4.53. The molecule has 1 aromatic rings. The van der Waals surface area contributed by atoms with Crippen LogP contribution in [0, 0.1) is 5.92 Å². The van der Waals surface area contributed by atoms with Crippen LogP contribution in [-0.4, -0.2) is 36.1 Å². The zero-order chi connectivity index (χ0) is 12.7. The zero-order valence-electron chi connectivity index (χ0n) is 10.7. The molecule has 94 valence electrons. The summed E-state index contributed by atoms with van der Waals surface area (Å²) in [6.07, 6.45) is 1.74. The Kier molecular flexibility index (Phi) is 5.63. The number of hydrogen-bond acceptors (Lipinski definition) is 3. The maximum atomic E-state index is 12.0. The van der Waals surface area contributed by atoms with Crippen molar-refractivity contribution in [3.63, 3.8) is 0 Å². The summed E-state index contributed by atoms with van der Waals surface area (Å²) < 4.78 is 5.03. The summed E-state index contributed by atoms with van der Waals surface area (Å²) in [5.74, 6) is 0.128. The molecule has 0 saturated heterocycles. The second-order valence-electron chi connectivity index (χ2n) is 4.23. The first-order valence-electron chi connectivity index (χ1n) is 5.82. The van der Waals surface area contributed by atoms with E-state index >= 15 is 0 Å². The molecule has 0 aliphatic rings. The average Bonchev–Trinajstić information content (AvgIpc) is 2.34. The molecule has 0 aliphatic heterocycles. The fraction of sp³-hybridized carbons (Fsp3) is 0.538. The first-order valence-corrected chi connectivity index (χ1v) is 5.82. The van der Waals surface area contributed by atoms with Gasteiger partial charge < -0.3 is 9.64 Å². The van der Waals surface area contributed by atoms with Crippen LogP contribution in [0.4, 0.5) is 0 Å². The molecule has 0 radical (unpaired) electrons. The maximum Gasteiger partial charge on any atom is 0.225 e. The van der Waals surface area contributed by atoms with Gasteiger partial charge in [0.15, 0.2) is 0 Å². The van der Waals surface area contributed by atoms with Gasteiger partial charge >= 0.3 is 0 Å². The number of aromatic nitrogens is 1. The van der Waals surface area contributed by atoms with E-state index < -0.39 is 0 Å². The van der Waals surface area contributed by atoms with Gasteiger partial charge in [-0.25, -0.2) is 0 Å². The van der Waals surface area contributed by atoms with Gasteiger partial charge in [-0.2, -0.15) is 0 Å². The molecule has 1 rings (SSSR count). The van der Waals surface area contributed by atoms with Crippen LogP contribution in [0.15, 0.2) is 24.4 Å². The van der Waals surface area contributed by atoms with Crippen molar-refractivity contribution in [3.8, 4) is 0 Å². The highest BCUT2D eigenvalue weighted by Crippen LogP contribution is 2.06. The zero-order valence-corrected chi connectivity index (χ0v) is 10.7. The second kappa shape index (κ2) is 7.01. The van der Waals surface area contributed by atoms with Crippen molar-refractivity contribution in [2.45, 2.75) is 20.4 Å². The fourth-order valence-electron chi connectivity index (χ4n) is 1.52. The fourth-order valence-corrected chi connectivity index (χ4v) is 1.52. The van der Waals surface area contributed by atoms with Crippen LogP contribution in [0.3, 0.4) is 0 Å². The molecule has 0 unspecified atom stereocenters. The van der Waals surface area contributed by atoms with Gasteiger partial charge in [-0.3, -0.25) is 9.78 Å². The first-order chi connectivity index (χ1) is 8.15. The molecule has 0 aromatic carbocycles. The van der Waals surface area contributed by atoms with E-state index in [1.807, 2.05) is 32.0 Å². The Bertz CT molecular complexity index is 339. The Morgan fingerprint density at radius 1 is 1.47 bits per heavy atom. The summed E-state index contributed by atoms with van der Waals surface area (Å²) in [6.45, 7) is 5.50. The van der Waals surface area contributed by atoms with Crippen molar-refractivity contribution in [3.05, 3.63) is 30.1 Å². The molecule has 0 aliphatic carbocycles. The Morgan fingerprint density at radius 3 is 2.76 bits per heavy atom. The normalized spacial score (nSPS) is 10.6. The predicted molar refractivity (Wildman–Crippen MR) is 66.4 cm³/mol. The monoisotopic (exact) mass is 236 g/mol. The smallest absolute Gasteiger partial charge is 0.225 e. The summed E-state index contributed by atoms with van der Waals surface area (Å²) in [6, 6.07) is 5.72. The summed E-state index contributed by atoms with van der Waals surface area (Å²) in [4.78, 5) is 18.0. The van der Waals surface area contributed by atoms with E-state index in [0.717, 1.165) is 5.69 Å². The Morgan fingerprint density at radius 2 is 2.24 bits per heavy atom. The highest BCUT2D eigenvalue weighted by atomic mass is 16.5. The second-order valence-corrected chi connectivity index (χ2v) is 4.23. The topological polar surface area (TPSA) is 42.4 Å². The quantitative estimate of drug-likeness (QED) is 0.755. The SMILES string of the molecule is COCCN(Cc1ccccn1)C(=O)C(C)C. The average molecular weight is 236 g/mol. The van der Waals surface area contributed by atoms with Crippen LogP contribution < -0.4 is 0 Å². The van der Waals surface area contributed by atoms with Crippen molar-refractivity contribution in [1.29, 1.82) is 0 Å². The van der Waals surface area contributed by atoms with Crippen molar-refractivity contribution in [2.24, 2.45) is 5.92 Å². The minimum absolute atomic E-state index is 0.00410. The number of methoxy groups -OCH3 is 1. The van der Waals surface area contributed by atoms with Crippen LogP contribution in [0.25, 0.3) is 0 Å². The van der Waals surface area contributed by atoms with Gasteiger partial charge in [0.25, 0.3) is 0 Å². The van der Waals surface area contributed by atoms with Gasteiger partial charge in [0.1, 0.15) is 0 Å². The number of rotatable bonds is 6. The van der Waals surface area contributed by atoms with Crippen LogP contribution >= 0.6 is 0 Å². The lowest BCUT2D eigenvalue weighted by Gasteiger charge is -2.23. The number of carbonyl (C=O) groups is 1. The molecule has 1 aromatic heterocycles. The molecule has 1 heterocycles. The van der Waals surface area contributed by atoms with E-state index in [9.17, 15) is 4.79 Å². The number of ether oxygens (including phenoxy) is 1. The molecule has 0 N–H and O–H groups in total. The molecule has 0 bridgehead atoms. The predicted octanol–water partition coefficient (Wildman–Crippen LogP) is 1.71. The molecule has 0 atom stereocenters. The molecule has 17 heavy (non-hydrogen) atoms. The molecule has 4 heteroatoms. The van der Waals surface area contributed by atoms with Gasteiger partial charge in [-0.1, -0.05) is 19.9 Å². The van der Waals surface area contributed by atoms with Gasteiger partial charge in [0.2, 0.25) is 5.91 Å². The third-order valence-corrected chi connectivity index (χ3v) is 2.45.